The van der Waals surface area contributed by atoms with Crippen LogP contribution < -0.4 is 11.2 Å². The van der Waals surface area contributed by atoms with Gasteiger partial charge in [0.15, 0.2) is 0 Å². The number of benzene rings is 1. The first-order chi connectivity index (χ1) is 10.9. The number of nitrogens with zero attached hydrogens (tertiary/aromatic N) is 2. The van der Waals surface area contributed by atoms with Crippen LogP contribution in [-0.4, -0.2) is 19.7 Å². The Morgan fingerprint density at radius 2 is 1.78 bits per heavy atom. The first-order valence-electron chi connectivity index (χ1n) is 6.98. The average molecular weight is 320 g/mol. The van der Waals surface area contributed by atoms with Gasteiger partial charge in [0.1, 0.15) is 16.7 Å². The summed E-state index contributed by atoms with van der Waals surface area (Å²) in [6.07, 6.45) is -2.92. The van der Waals surface area contributed by atoms with Crippen molar-refractivity contribution in [1.29, 1.82) is 0 Å². The van der Waals surface area contributed by atoms with Crippen molar-refractivity contribution in [2.75, 3.05) is 0 Å². The van der Waals surface area contributed by atoms with Gasteiger partial charge in [0, 0.05) is 0 Å². The van der Waals surface area contributed by atoms with Crippen molar-refractivity contribution < 1.29 is 8.78 Å². The number of H-pyrrole nitrogens is 2. The quantitative estimate of drug-likeness (QED) is 0.776. The van der Waals surface area contributed by atoms with Crippen LogP contribution in [0.5, 0.6) is 0 Å². The lowest BCUT2D eigenvalue weighted by molar-refractivity contribution is 0.146. The highest BCUT2D eigenvalue weighted by molar-refractivity contribution is 5.77. The third kappa shape index (κ3) is 2.56. The number of alkyl halides is 2. The monoisotopic (exact) mass is 320 g/mol. The van der Waals surface area contributed by atoms with E-state index in [1.807, 2.05) is 36.2 Å². The molecular weight excluding hydrogens is 306 g/mol. The molecule has 0 saturated heterocycles. The minimum atomic E-state index is -2.92. The number of halogens is 2. The molecule has 0 bridgehead atoms. The van der Waals surface area contributed by atoms with Crippen LogP contribution in [0.3, 0.4) is 0 Å². The SMILES string of the molecule is Cc1ccc(C(C)n2nc(C(F)F)c3c(=O)[nH]c(=O)[nH]c32)cc1. The second-order valence-electron chi connectivity index (χ2n) is 5.35. The number of aromatic nitrogens is 4. The van der Waals surface area contributed by atoms with Crippen LogP contribution in [0.15, 0.2) is 33.9 Å². The molecule has 23 heavy (non-hydrogen) atoms. The Kier molecular flexibility index (Phi) is 3.59. The van der Waals surface area contributed by atoms with Crippen LogP contribution in [0.2, 0.25) is 0 Å². The normalized spacial score (nSPS) is 12.9. The summed E-state index contributed by atoms with van der Waals surface area (Å²) in [5.41, 5.74) is -0.410. The molecule has 120 valence electrons. The zero-order valence-electron chi connectivity index (χ0n) is 12.4. The zero-order valence-corrected chi connectivity index (χ0v) is 12.4. The van der Waals surface area contributed by atoms with Crippen molar-refractivity contribution in [3.63, 3.8) is 0 Å². The molecule has 2 aromatic heterocycles. The highest BCUT2D eigenvalue weighted by atomic mass is 19.3. The molecule has 0 radical (unpaired) electrons. The third-order valence-electron chi connectivity index (χ3n) is 3.76. The van der Waals surface area contributed by atoms with E-state index >= 15 is 0 Å². The first-order valence-corrected chi connectivity index (χ1v) is 6.98. The molecule has 2 N–H and O–H groups in total. The molecule has 0 fully saturated rings. The molecule has 0 spiro atoms. The fourth-order valence-corrected chi connectivity index (χ4v) is 2.52. The van der Waals surface area contributed by atoms with Crippen LogP contribution in [-0.2, 0) is 0 Å². The fraction of sp³-hybridized carbons (Fsp3) is 0.267. The molecule has 3 rings (SSSR count). The number of rotatable bonds is 3. The van der Waals surface area contributed by atoms with Crippen molar-refractivity contribution in [3.8, 4) is 0 Å². The van der Waals surface area contributed by atoms with Crippen molar-refractivity contribution in [1.82, 2.24) is 19.7 Å². The summed E-state index contributed by atoms with van der Waals surface area (Å²) in [6.45, 7) is 3.69. The third-order valence-corrected chi connectivity index (χ3v) is 3.76. The summed E-state index contributed by atoms with van der Waals surface area (Å²) >= 11 is 0. The van der Waals surface area contributed by atoms with Gasteiger partial charge in [-0.05, 0) is 19.4 Å². The van der Waals surface area contributed by atoms with Gasteiger partial charge in [-0.2, -0.15) is 5.10 Å². The Morgan fingerprint density at radius 3 is 2.39 bits per heavy atom. The zero-order chi connectivity index (χ0) is 16.7. The lowest BCUT2D eigenvalue weighted by Crippen LogP contribution is -2.23. The highest BCUT2D eigenvalue weighted by Crippen LogP contribution is 2.27. The number of aryl methyl sites for hydroxylation is 1. The summed E-state index contributed by atoms with van der Waals surface area (Å²) in [7, 11) is 0. The van der Waals surface area contributed by atoms with Gasteiger partial charge < -0.3 is 0 Å². The van der Waals surface area contributed by atoms with Gasteiger partial charge in [-0.25, -0.2) is 18.3 Å². The second kappa shape index (κ2) is 5.45. The molecule has 0 aliphatic heterocycles. The van der Waals surface area contributed by atoms with Crippen LogP contribution >= 0.6 is 0 Å². The van der Waals surface area contributed by atoms with Gasteiger partial charge in [-0.3, -0.25) is 14.8 Å². The highest BCUT2D eigenvalue weighted by Gasteiger charge is 2.24. The van der Waals surface area contributed by atoms with Gasteiger partial charge in [0.05, 0.1) is 6.04 Å². The minimum Gasteiger partial charge on any atom is -0.291 e. The summed E-state index contributed by atoms with van der Waals surface area (Å²) in [6, 6.07) is 7.05. The summed E-state index contributed by atoms with van der Waals surface area (Å²) in [5, 5.41) is 3.57. The summed E-state index contributed by atoms with van der Waals surface area (Å²) in [5.74, 6) is 0. The number of hydrogen-bond acceptors (Lipinski definition) is 3. The van der Waals surface area contributed by atoms with E-state index < -0.39 is 29.4 Å². The molecule has 3 aromatic rings. The van der Waals surface area contributed by atoms with Gasteiger partial charge in [-0.15, -0.1) is 0 Å². The van der Waals surface area contributed by atoms with E-state index in [9.17, 15) is 18.4 Å². The van der Waals surface area contributed by atoms with Gasteiger partial charge in [-0.1, -0.05) is 29.8 Å². The van der Waals surface area contributed by atoms with E-state index in [0.717, 1.165) is 11.1 Å². The molecule has 1 aromatic carbocycles. The Morgan fingerprint density at radius 1 is 1.13 bits per heavy atom. The van der Waals surface area contributed by atoms with Crippen molar-refractivity contribution >= 4 is 11.0 Å². The van der Waals surface area contributed by atoms with Gasteiger partial charge in [0.25, 0.3) is 12.0 Å². The Balaban J connectivity index is 2.27. The van der Waals surface area contributed by atoms with Crippen LogP contribution in [0.1, 0.15) is 36.2 Å². The maximum atomic E-state index is 13.2. The standard InChI is InChI=1S/C15H14F2N4O2/c1-7-3-5-9(6-4-7)8(2)21-13-10(11(20-21)12(16)17)14(22)19-15(23)18-13/h3-6,8,12H,1-2H3,(H2,18,19,22,23). The summed E-state index contributed by atoms with van der Waals surface area (Å²) < 4.78 is 27.6. The number of hydrogen-bond donors (Lipinski definition) is 2. The second-order valence-corrected chi connectivity index (χ2v) is 5.35. The van der Waals surface area contributed by atoms with E-state index in [0.29, 0.717) is 0 Å². The average Bonchev–Trinajstić information content (AvgIpc) is 2.87. The summed E-state index contributed by atoms with van der Waals surface area (Å²) in [4.78, 5) is 27.7. The molecule has 0 saturated carbocycles. The van der Waals surface area contributed by atoms with Crippen LogP contribution in [0.25, 0.3) is 11.0 Å². The first kappa shape index (κ1) is 15.1. The Labute approximate surface area is 128 Å². The molecule has 0 aliphatic carbocycles. The lowest BCUT2D eigenvalue weighted by atomic mass is 10.1. The lowest BCUT2D eigenvalue weighted by Gasteiger charge is -2.13. The topological polar surface area (TPSA) is 83.5 Å². The van der Waals surface area contributed by atoms with Crippen LogP contribution in [0.4, 0.5) is 8.78 Å². The number of nitrogens with one attached hydrogen (secondary N) is 2. The largest absolute Gasteiger partial charge is 0.327 e. The van der Waals surface area contributed by atoms with Crippen molar-refractivity contribution in [2.45, 2.75) is 26.3 Å². The molecule has 1 atom stereocenters. The molecule has 0 amide bonds. The molecule has 6 nitrogen and oxygen atoms in total. The number of fused-ring (bicyclic) bond motifs is 1. The molecule has 0 aliphatic rings. The Bertz CT molecular complexity index is 970. The van der Waals surface area contributed by atoms with Crippen molar-refractivity contribution in [3.05, 3.63) is 61.9 Å². The van der Waals surface area contributed by atoms with Crippen molar-refractivity contribution in [2.24, 2.45) is 0 Å². The van der Waals surface area contributed by atoms with E-state index in [-0.39, 0.29) is 11.0 Å². The van der Waals surface area contributed by atoms with E-state index in [1.54, 1.807) is 6.92 Å². The number of aromatic amines is 2. The van der Waals surface area contributed by atoms with E-state index in [2.05, 4.69) is 10.1 Å². The Hall–Kier alpha value is -2.77. The van der Waals surface area contributed by atoms with E-state index in [1.165, 1.54) is 4.68 Å². The van der Waals surface area contributed by atoms with E-state index in [4.69, 9.17) is 0 Å². The van der Waals surface area contributed by atoms with Crippen LogP contribution in [0, 0.1) is 6.92 Å². The smallest absolute Gasteiger partial charge is 0.291 e. The molecule has 1 unspecified atom stereocenters. The fourth-order valence-electron chi connectivity index (χ4n) is 2.52. The molecular formula is C15H14F2N4O2. The molecule has 2 heterocycles. The molecule has 8 heteroatoms. The minimum absolute atomic E-state index is 0.0119. The predicted octanol–water partition coefficient (Wildman–Crippen LogP) is 2.27. The maximum Gasteiger partial charge on any atom is 0.327 e. The van der Waals surface area contributed by atoms with Gasteiger partial charge >= 0.3 is 5.69 Å². The predicted molar refractivity (Wildman–Crippen MR) is 80.9 cm³/mol. The maximum absolute atomic E-state index is 13.2. The van der Waals surface area contributed by atoms with Gasteiger partial charge in [0.2, 0.25) is 0 Å².